The molecular formula is C30H33ClF3N3O4S. The van der Waals surface area contributed by atoms with Gasteiger partial charge in [-0.25, -0.2) is 8.42 Å². The van der Waals surface area contributed by atoms with Gasteiger partial charge >= 0.3 is 6.18 Å². The predicted octanol–water partition coefficient (Wildman–Crippen LogP) is 5.85. The monoisotopic (exact) mass is 623 g/mol. The van der Waals surface area contributed by atoms with Gasteiger partial charge in [-0.3, -0.25) is 13.9 Å². The SMILES string of the molecule is CCNC(=O)[C@H](CC)N(CCc1ccccc1)C(=O)CN(c1ccc(Cl)c(C(F)(F)F)c1)S(=O)(=O)c1ccc(C)cc1. The van der Waals surface area contributed by atoms with Crippen molar-refractivity contribution in [3.63, 3.8) is 0 Å². The van der Waals surface area contributed by atoms with Crippen LogP contribution in [0.2, 0.25) is 5.02 Å². The summed E-state index contributed by atoms with van der Waals surface area (Å²) in [4.78, 5) is 28.0. The van der Waals surface area contributed by atoms with Crippen LogP contribution in [0, 0.1) is 6.92 Å². The topological polar surface area (TPSA) is 86.8 Å². The highest BCUT2D eigenvalue weighted by atomic mass is 35.5. The van der Waals surface area contributed by atoms with E-state index >= 15 is 0 Å². The van der Waals surface area contributed by atoms with E-state index in [1.165, 1.54) is 17.0 Å². The number of hydrogen-bond donors (Lipinski definition) is 1. The Bertz CT molecular complexity index is 1480. The fourth-order valence-electron chi connectivity index (χ4n) is 4.44. The average Bonchev–Trinajstić information content (AvgIpc) is 2.94. The molecular weight excluding hydrogens is 591 g/mol. The Balaban J connectivity index is 2.10. The molecule has 0 saturated carbocycles. The Labute approximate surface area is 249 Å². The number of sulfonamides is 1. The van der Waals surface area contributed by atoms with Gasteiger partial charge in [-0.1, -0.05) is 66.6 Å². The van der Waals surface area contributed by atoms with E-state index in [0.29, 0.717) is 23.3 Å². The van der Waals surface area contributed by atoms with Crippen LogP contribution in [0.5, 0.6) is 0 Å². The predicted molar refractivity (Wildman–Crippen MR) is 157 cm³/mol. The molecule has 0 saturated heterocycles. The minimum absolute atomic E-state index is 0.0747. The van der Waals surface area contributed by atoms with Crippen molar-refractivity contribution in [3.8, 4) is 0 Å². The Morgan fingerprint density at radius 1 is 0.976 bits per heavy atom. The molecule has 0 spiro atoms. The molecule has 0 radical (unpaired) electrons. The summed E-state index contributed by atoms with van der Waals surface area (Å²) in [7, 11) is -4.53. The Morgan fingerprint density at radius 3 is 2.19 bits per heavy atom. The van der Waals surface area contributed by atoms with Crippen molar-refractivity contribution in [1.82, 2.24) is 10.2 Å². The summed E-state index contributed by atoms with van der Waals surface area (Å²) in [6.07, 6.45) is -4.27. The molecule has 0 aromatic heterocycles. The van der Waals surface area contributed by atoms with Gasteiger partial charge in [-0.15, -0.1) is 0 Å². The summed E-state index contributed by atoms with van der Waals surface area (Å²) in [5.74, 6) is -1.16. The van der Waals surface area contributed by atoms with E-state index in [-0.39, 0.29) is 17.9 Å². The van der Waals surface area contributed by atoms with Crippen LogP contribution in [0.4, 0.5) is 18.9 Å². The lowest BCUT2D eigenvalue weighted by Gasteiger charge is -2.33. The van der Waals surface area contributed by atoms with E-state index in [4.69, 9.17) is 11.6 Å². The molecule has 42 heavy (non-hydrogen) atoms. The molecule has 3 rings (SSSR count). The summed E-state index contributed by atoms with van der Waals surface area (Å²) < 4.78 is 69.6. The van der Waals surface area contributed by atoms with E-state index in [2.05, 4.69) is 5.32 Å². The smallest absolute Gasteiger partial charge is 0.355 e. The third-order valence-electron chi connectivity index (χ3n) is 6.65. The summed E-state index contributed by atoms with van der Waals surface area (Å²) in [5, 5.41) is 2.09. The first kappa shape index (κ1) is 32.9. The zero-order chi connectivity index (χ0) is 31.1. The molecule has 0 aliphatic heterocycles. The van der Waals surface area contributed by atoms with Crippen molar-refractivity contribution in [3.05, 3.63) is 94.5 Å². The van der Waals surface area contributed by atoms with Crippen LogP contribution < -0.4 is 9.62 Å². The van der Waals surface area contributed by atoms with Crippen molar-refractivity contribution in [1.29, 1.82) is 0 Å². The van der Waals surface area contributed by atoms with E-state index in [9.17, 15) is 31.2 Å². The van der Waals surface area contributed by atoms with Crippen LogP contribution in [0.1, 0.15) is 37.0 Å². The molecule has 7 nitrogen and oxygen atoms in total. The number of carbonyl (C=O) groups excluding carboxylic acids is 2. The molecule has 3 aromatic rings. The fourth-order valence-corrected chi connectivity index (χ4v) is 6.07. The number of amides is 2. The first-order valence-electron chi connectivity index (χ1n) is 13.4. The Kier molecular flexibility index (Phi) is 11.0. The molecule has 0 fully saturated rings. The molecule has 0 bridgehead atoms. The van der Waals surface area contributed by atoms with Crippen LogP contribution in [0.3, 0.4) is 0 Å². The molecule has 12 heteroatoms. The van der Waals surface area contributed by atoms with Gasteiger partial charge in [0.05, 0.1) is 21.2 Å². The molecule has 0 heterocycles. The number of anilines is 1. The maximum Gasteiger partial charge on any atom is 0.417 e. The van der Waals surface area contributed by atoms with Gasteiger partial charge in [0.25, 0.3) is 10.0 Å². The van der Waals surface area contributed by atoms with Gasteiger partial charge in [0, 0.05) is 13.1 Å². The van der Waals surface area contributed by atoms with Crippen LogP contribution in [0.25, 0.3) is 0 Å². The molecule has 0 unspecified atom stereocenters. The number of nitrogens with one attached hydrogen (secondary N) is 1. The van der Waals surface area contributed by atoms with Crippen LogP contribution in [-0.2, 0) is 32.2 Å². The minimum Gasteiger partial charge on any atom is -0.355 e. The molecule has 1 N–H and O–H groups in total. The van der Waals surface area contributed by atoms with Crippen molar-refractivity contribution in [2.45, 2.75) is 50.7 Å². The number of halogens is 4. The number of benzene rings is 3. The summed E-state index contributed by atoms with van der Waals surface area (Å²) in [6, 6.07) is 16.7. The second-order valence-corrected chi connectivity index (χ2v) is 11.9. The standard InChI is InChI=1S/C30H33ClF3N3O4S/c1-4-27(29(39)35-5-2)36(18-17-22-9-7-6-8-10-22)28(38)20-37(42(40,41)24-14-11-21(3)12-15-24)23-13-16-26(31)25(19-23)30(32,33)34/h6-16,19,27H,4-5,17-18,20H2,1-3H3,(H,35,39)/t27-/m0/s1. The second-order valence-electron chi connectivity index (χ2n) is 9.63. The molecule has 2 amide bonds. The third kappa shape index (κ3) is 8.04. The summed E-state index contributed by atoms with van der Waals surface area (Å²) in [6.45, 7) is 4.75. The average molecular weight is 624 g/mol. The summed E-state index contributed by atoms with van der Waals surface area (Å²) >= 11 is 5.81. The number of rotatable bonds is 12. The lowest BCUT2D eigenvalue weighted by atomic mass is 10.1. The summed E-state index contributed by atoms with van der Waals surface area (Å²) in [5.41, 5.74) is 0.0163. The van der Waals surface area contributed by atoms with Gasteiger partial charge in [-0.05, 0) is 62.6 Å². The number of aryl methyl sites for hydroxylation is 1. The first-order chi connectivity index (χ1) is 19.8. The highest BCUT2D eigenvalue weighted by Gasteiger charge is 2.37. The van der Waals surface area contributed by atoms with Crippen LogP contribution >= 0.6 is 11.6 Å². The molecule has 226 valence electrons. The molecule has 0 aliphatic rings. The largest absolute Gasteiger partial charge is 0.417 e. The van der Waals surface area contributed by atoms with Crippen LogP contribution in [-0.4, -0.2) is 50.8 Å². The van der Waals surface area contributed by atoms with Gasteiger partial charge in [0.1, 0.15) is 12.6 Å². The highest BCUT2D eigenvalue weighted by molar-refractivity contribution is 7.92. The minimum atomic E-state index is -4.87. The van der Waals surface area contributed by atoms with Gasteiger partial charge in [0.15, 0.2) is 0 Å². The zero-order valence-electron chi connectivity index (χ0n) is 23.5. The van der Waals surface area contributed by atoms with Crippen molar-refractivity contribution >= 4 is 39.1 Å². The van der Waals surface area contributed by atoms with Crippen molar-refractivity contribution < 1.29 is 31.2 Å². The quantitative estimate of drug-likeness (QED) is 0.274. The number of hydrogen-bond acceptors (Lipinski definition) is 4. The van der Waals surface area contributed by atoms with E-state index in [1.54, 1.807) is 32.9 Å². The van der Waals surface area contributed by atoms with E-state index in [0.717, 1.165) is 23.3 Å². The maximum absolute atomic E-state index is 13.9. The Morgan fingerprint density at radius 2 is 1.62 bits per heavy atom. The van der Waals surface area contributed by atoms with E-state index < -0.39 is 56.9 Å². The first-order valence-corrected chi connectivity index (χ1v) is 15.2. The number of nitrogens with zero attached hydrogens (tertiary/aromatic N) is 2. The molecule has 0 aliphatic carbocycles. The lowest BCUT2D eigenvalue weighted by Crippen LogP contribution is -2.53. The van der Waals surface area contributed by atoms with Crippen LogP contribution in [0.15, 0.2) is 77.7 Å². The van der Waals surface area contributed by atoms with Crippen molar-refractivity contribution in [2.24, 2.45) is 0 Å². The highest BCUT2D eigenvalue weighted by Crippen LogP contribution is 2.38. The van der Waals surface area contributed by atoms with Gasteiger partial charge in [0.2, 0.25) is 11.8 Å². The zero-order valence-corrected chi connectivity index (χ0v) is 25.1. The number of alkyl halides is 3. The van der Waals surface area contributed by atoms with Crippen molar-refractivity contribution in [2.75, 3.05) is 23.9 Å². The lowest BCUT2D eigenvalue weighted by molar-refractivity contribution is -0.139. The third-order valence-corrected chi connectivity index (χ3v) is 8.77. The number of carbonyl (C=O) groups is 2. The maximum atomic E-state index is 13.9. The second kappa shape index (κ2) is 14.1. The van der Waals surface area contributed by atoms with E-state index in [1.807, 2.05) is 30.3 Å². The van der Waals surface area contributed by atoms with Gasteiger partial charge < -0.3 is 10.2 Å². The molecule has 1 atom stereocenters. The number of likely N-dealkylation sites (N-methyl/N-ethyl adjacent to an activating group) is 1. The fraction of sp³-hybridized carbons (Fsp3) is 0.333. The molecule has 3 aromatic carbocycles. The normalized spacial score (nSPS) is 12.5. The Hall–Kier alpha value is -3.57. The van der Waals surface area contributed by atoms with Gasteiger partial charge in [-0.2, -0.15) is 13.2 Å².